The molecule has 1 N–H and O–H groups in total. The Balaban J connectivity index is 2.18. The fourth-order valence-electron chi connectivity index (χ4n) is 1.66. The Kier molecular flexibility index (Phi) is 3.71. The zero-order valence-corrected chi connectivity index (χ0v) is 11.2. The standard InChI is InChI=1S/C14H15N5/c1-9-4-5-12(7-16-9)8-17-14-13(6-15)10(2)11(3)18-19-14/h4-5,7H,8H2,1-3H3,(H,17,19). The van der Waals surface area contributed by atoms with E-state index in [1.54, 1.807) is 0 Å². The molecule has 0 atom stereocenters. The molecule has 2 aromatic rings. The lowest BCUT2D eigenvalue weighted by Gasteiger charge is -2.09. The van der Waals surface area contributed by atoms with Gasteiger partial charge in [-0.2, -0.15) is 10.4 Å². The molecular weight excluding hydrogens is 238 g/mol. The summed E-state index contributed by atoms with van der Waals surface area (Å²) in [6, 6.07) is 6.12. The van der Waals surface area contributed by atoms with Crippen LogP contribution < -0.4 is 5.32 Å². The number of aryl methyl sites for hydroxylation is 2. The maximum atomic E-state index is 9.19. The molecule has 0 bridgehead atoms. The van der Waals surface area contributed by atoms with Gasteiger partial charge >= 0.3 is 0 Å². The van der Waals surface area contributed by atoms with Crippen molar-refractivity contribution in [2.75, 3.05) is 5.32 Å². The molecule has 2 rings (SSSR count). The molecular formula is C14H15N5. The second kappa shape index (κ2) is 5.44. The summed E-state index contributed by atoms with van der Waals surface area (Å²) in [5.41, 5.74) is 4.20. The second-order valence-corrected chi connectivity index (χ2v) is 4.41. The summed E-state index contributed by atoms with van der Waals surface area (Å²) in [6.45, 7) is 6.23. The van der Waals surface area contributed by atoms with E-state index >= 15 is 0 Å². The summed E-state index contributed by atoms with van der Waals surface area (Å²) in [7, 11) is 0. The minimum Gasteiger partial charge on any atom is -0.363 e. The Hall–Kier alpha value is -2.48. The number of pyridine rings is 1. The van der Waals surface area contributed by atoms with Crippen LogP contribution in [0.25, 0.3) is 0 Å². The first-order valence-corrected chi connectivity index (χ1v) is 6.01. The Morgan fingerprint density at radius 1 is 1.21 bits per heavy atom. The van der Waals surface area contributed by atoms with E-state index in [0.717, 1.165) is 22.5 Å². The van der Waals surface area contributed by atoms with Gasteiger partial charge in [0.05, 0.1) is 5.69 Å². The zero-order valence-electron chi connectivity index (χ0n) is 11.2. The van der Waals surface area contributed by atoms with Crippen molar-refractivity contribution in [3.8, 4) is 6.07 Å². The zero-order chi connectivity index (χ0) is 13.8. The number of nitrogens with one attached hydrogen (secondary N) is 1. The minimum atomic E-state index is 0.520. The summed E-state index contributed by atoms with van der Waals surface area (Å²) in [5.74, 6) is 0.520. The molecule has 5 nitrogen and oxygen atoms in total. The van der Waals surface area contributed by atoms with Crippen molar-refractivity contribution in [3.63, 3.8) is 0 Å². The molecule has 2 aromatic heterocycles. The molecule has 0 aliphatic rings. The lowest BCUT2D eigenvalue weighted by molar-refractivity contribution is 0.938. The normalized spacial score (nSPS) is 10.0. The van der Waals surface area contributed by atoms with Crippen LogP contribution in [0.15, 0.2) is 18.3 Å². The first kappa shape index (κ1) is 13.0. The van der Waals surface area contributed by atoms with Crippen molar-refractivity contribution in [2.45, 2.75) is 27.3 Å². The van der Waals surface area contributed by atoms with Crippen LogP contribution in [-0.4, -0.2) is 15.2 Å². The second-order valence-electron chi connectivity index (χ2n) is 4.41. The Morgan fingerprint density at radius 2 is 2.00 bits per heavy atom. The van der Waals surface area contributed by atoms with Crippen molar-refractivity contribution in [3.05, 3.63) is 46.4 Å². The maximum Gasteiger partial charge on any atom is 0.167 e. The van der Waals surface area contributed by atoms with Crippen molar-refractivity contribution >= 4 is 5.82 Å². The van der Waals surface area contributed by atoms with Crippen LogP contribution in [0.4, 0.5) is 5.82 Å². The van der Waals surface area contributed by atoms with Gasteiger partial charge in [0.2, 0.25) is 0 Å². The highest BCUT2D eigenvalue weighted by atomic mass is 15.2. The number of anilines is 1. The van der Waals surface area contributed by atoms with Gasteiger partial charge in [-0.1, -0.05) is 6.07 Å². The molecule has 2 heterocycles. The molecule has 0 spiro atoms. The van der Waals surface area contributed by atoms with E-state index in [2.05, 4.69) is 26.6 Å². The lowest BCUT2D eigenvalue weighted by Crippen LogP contribution is -2.07. The smallest absolute Gasteiger partial charge is 0.167 e. The summed E-state index contributed by atoms with van der Waals surface area (Å²) in [6.07, 6.45) is 1.81. The summed E-state index contributed by atoms with van der Waals surface area (Å²) in [5, 5.41) is 20.4. The molecule has 0 amide bonds. The van der Waals surface area contributed by atoms with Gasteiger partial charge in [-0.25, -0.2) is 0 Å². The van der Waals surface area contributed by atoms with E-state index in [4.69, 9.17) is 0 Å². The van der Waals surface area contributed by atoms with Crippen molar-refractivity contribution in [2.24, 2.45) is 0 Å². The topological polar surface area (TPSA) is 74.5 Å². The number of hydrogen-bond acceptors (Lipinski definition) is 5. The van der Waals surface area contributed by atoms with Gasteiger partial charge in [0.1, 0.15) is 11.6 Å². The van der Waals surface area contributed by atoms with Gasteiger partial charge in [-0.15, -0.1) is 5.10 Å². The fraction of sp³-hybridized carbons (Fsp3) is 0.286. The van der Waals surface area contributed by atoms with Crippen LogP contribution in [0.2, 0.25) is 0 Å². The molecule has 0 saturated carbocycles. The Bertz CT molecular complexity index is 626. The predicted molar refractivity (Wildman–Crippen MR) is 72.5 cm³/mol. The molecule has 0 radical (unpaired) electrons. The lowest BCUT2D eigenvalue weighted by atomic mass is 10.1. The third kappa shape index (κ3) is 2.86. The highest BCUT2D eigenvalue weighted by molar-refractivity contribution is 5.55. The van der Waals surface area contributed by atoms with E-state index in [0.29, 0.717) is 17.9 Å². The van der Waals surface area contributed by atoms with Crippen molar-refractivity contribution < 1.29 is 0 Å². The van der Waals surface area contributed by atoms with Gasteiger partial charge in [-0.05, 0) is 38.0 Å². The van der Waals surface area contributed by atoms with E-state index in [-0.39, 0.29) is 0 Å². The average Bonchev–Trinajstić information content (AvgIpc) is 2.42. The van der Waals surface area contributed by atoms with Crippen molar-refractivity contribution in [1.29, 1.82) is 5.26 Å². The van der Waals surface area contributed by atoms with Crippen LogP contribution in [0.1, 0.15) is 28.1 Å². The molecule has 0 aliphatic carbocycles. The molecule has 0 aromatic carbocycles. The quantitative estimate of drug-likeness (QED) is 0.908. The molecule has 19 heavy (non-hydrogen) atoms. The van der Waals surface area contributed by atoms with Gasteiger partial charge in [-0.3, -0.25) is 4.98 Å². The van der Waals surface area contributed by atoms with E-state index in [1.165, 1.54) is 0 Å². The first-order chi connectivity index (χ1) is 9.11. The monoisotopic (exact) mass is 253 g/mol. The third-order valence-electron chi connectivity index (χ3n) is 3.00. The van der Waals surface area contributed by atoms with Crippen molar-refractivity contribution in [1.82, 2.24) is 15.2 Å². The predicted octanol–water partition coefficient (Wildman–Crippen LogP) is 2.28. The van der Waals surface area contributed by atoms with Gasteiger partial charge in [0.15, 0.2) is 5.82 Å². The summed E-state index contributed by atoms with van der Waals surface area (Å²) < 4.78 is 0. The van der Waals surface area contributed by atoms with Gasteiger partial charge < -0.3 is 5.32 Å². The largest absolute Gasteiger partial charge is 0.363 e. The van der Waals surface area contributed by atoms with Crippen LogP contribution >= 0.6 is 0 Å². The molecule has 0 fully saturated rings. The maximum absolute atomic E-state index is 9.19. The molecule has 96 valence electrons. The number of rotatable bonds is 3. The van der Waals surface area contributed by atoms with Crippen LogP contribution in [-0.2, 0) is 6.54 Å². The Labute approximate surface area is 112 Å². The van der Waals surface area contributed by atoms with Crippen LogP contribution in [0, 0.1) is 32.1 Å². The van der Waals surface area contributed by atoms with E-state index in [9.17, 15) is 5.26 Å². The number of aromatic nitrogens is 3. The molecule has 0 unspecified atom stereocenters. The minimum absolute atomic E-state index is 0.520. The molecule has 0 aliphatic heterocycles. The van der Waals surface area contributed by atoms with Crippen LogP contribution in [0.3, 0.4) is 0 Å². The van der Waals surface area contributed by atoms with Gasteiger partial charge in [0, 0.05) is 18.4 Å². The van der Waals surface area contributed by atoms with E-state index in [1.807, 2.05) is 39.1 Å². The fourth-order valence-corrected chi connectivity index (χ4v) is 1.66. The highest BCUT2D eigenvalue weighted by Gasteiger charge is 2.10. The SMILES string of the molecule is Cc1ccc(CNc2nnc(C)c(C)c2C#N)cn1. The highest BCUT2D eigenvalue weighted by Crippen LogP contribution is 2.17. The van der Waals surface area contributed by atoms with Crippen LogP contribution in [0.5, 0.6) is 0 Å². The first-order valence-electron chi connectivity index (χ1n) is 6.01. The molecule has 5 heteroatoms. The third-order valence-corrected chi connectivity index (χ3v) is 3.00. The summed E-state index contributed by atoms with van der Waals surface area (Å²) in [4.78, 5) is 4.22. The number of hydrogen-bond donors (Lipinski definition) is 1. The summed E-state index contributed by atoms with van der Waals surface area (Å²) >= 11 is 0. The van der Waals surface area contributed by atoms with E-state index < -0.39 is 0 Å². The number of nitrogens with zero attached hydrogens (tertiary/aromatic N) is 4. The average molecular weight is 253 g/mol. The van der Waals surface area contributed by atoms with Gasteiger partial charge in [0.25, 0.3) is 0 Å². The Morgan fingerprint density at radius 3 is 2.63 bits per heavy atom. The molecule has 0 saturated heterocycles. The number of nitriles is 1.